The molecule has 116 valence electrons. The number of nitrogens with zero attached hydrogens (tertiary/aromatic N) is 1. The molecule has 1 saturated heterocycles. The lowest BCUT2D eigenvalue weighted by atomic mass is 9.78. The van der Waals surface area contributed by atoms with Gasteiger partial charge in [0.25, 0.3) is 0 Å². The fourth-order valence-corrected chi connectivity index (χ4v) is 4.27. The summed E-state index contributed by atoms with van der Waals surface area (Å²) in [5.41, 5.74) is 0. The van der Waals surface area contributed by atoms with E-state index in [0.29, 0.717) is 0 Å². The van der Waals surface area contributed by atoms with Gasteiger partial charge < -0.3 is 5.32 Å². The average Bonchev–Trinajstić information content (AvgIpc) is 2.34. The predicted octanol–water partition coefficient (Wildman–Crippen LogP) is 3.67. The van der Waals surface area contributed by atoms with Crippen LogP contribution in [-0.2, 0) is 0 Å². The second kappa shape index (κ2) is 6.79. The summed E-state index contributed by atoms with van der Waals surface area (Å²) in [5, 5.41) is 3.91. The highest BCUT2D eigenvalue weighted by atomic mass is 15.2. The zero-order chi connectivity index (χ0) is 13.9. The minimum Gasteiger partial charge on any atom is -0.312 e. The molecule has 3 unspecified atom stereocenters. The van der Waals surface area contributed by atoms with E-state index in [9.17, 15) is 0 Å². The second-order valence-electron chi connectivity index (χ2n) is 7.80. The van der Waals surface area contributed by atoms with Gasteiger partial charge in [0.05, 0.1) is 0 Å². The van der Waals surface area contributed by atoms with Crippen molar-refractivity contribution in [3.05, 3.63) is 0 Å². The molecule has 1 N–H and O–H groups in total. The lowest BCUT2D eigenvalue weighted by Gasteiger charge is -2.46. The number of hydrogen-bond acceptors (Lipinski definition) is 2. The molecule has 2 heteroatoms. The Morgan fingerprint density at radius 3 is 2.35 bits per heavy atom. The van der Waals surface area contributed by atoms with E-state index >= 15 is 0 Å². The molecule has 3 atom stereocenters. The van der Waals surface area contributed by atoms with Gasteiger partial charge in [-0.3, -0.25) is 4.90 Å². The fourth-order valence-electron chi connectivity index (χ4n) is 4.27. The van der Waals surface area contributed by atoms with E-state index in [1.54, 1.807) is 0 Å². The van der Waals surface area contributed by atoms with Crippen LogP contribution >= 0.6 is 0 Å². The molecule has 0 amide bonds. The van der Waals surface area contributed by atoms with Crippen LogP contribution in [0.25, 0.3) is 0 Å². The highest BCUT2D eigenvalue weighted by molar-refractivity contribution is 4.90. The molecule has 2 nitrogen and oxygen atoms in total. The zero-order valence-corrected chi connectivity index (χ0v) is 13.6. The van der Waals surface area contributed by atoms with E-state index in [-0.39, 0.29) is 0 Å². The first-order valence-electron chi connectivity index (χ1n) is 9.23. The van der Waals surface area contributed by atoms with Crippen LogP contribution in [0.3, 0.4) is 0 Å². The molecule has 0 bridgehead atoms. The Bertz CT molecular complexity index is 296. The molecule has 3 aliphatic rings. The molecule has 1 aliphatic heterocycles. The minimum atomic E-state index is 0.761. The van der Waals surface area contributed by atoms with E-state index < -0.39 is 0 Å². The Labute approximate surface area is 125 Å². The van der Waals surface area contributed by atoms with Crippen LogP contribution in [0.15, 0.2) is 0 Å². The molecule has 20 heavy (non-hydrogen) atoms. The summed E-state index contributed by atoms with van der Waals surface area (Å²) in [7, 11) is 0. The van der Waals surface area contributed by atoms with Crippen LogP contribution < -0.4 is 5.32 Å². The largest absolute Gasteiger partial charge is 0.312 e. The van der Waals surface area contributed by atoms with Crippen molar-refractivity contribution in [1.82, 2.24) is 10.2 Å². The summed E-state index contributed by atoms with van der Waals surface area (Å²) >= 11 is 0. The lowest BCUT2D eigenvalue weighted by molar-refractivity contribution is 0.0490. The number of hydrogen-bond donors (Lipinski definition) is 1. The standard InChI is InChI=1S/C18H34N2/c1-3-15-10-18(19-11-16-6-4-7-16)13-20(12-15)14(2)17-8-5-9-17/h14-19H,3-13H2,1-2H3. The molecular formula is C18H34N2. The molecule has 3 rings (SSSR count). The van der Waals surface area contributed by atoms with Gasteiger partial charge in [0.2, 0.25) is 0 Å². The summed E-state index contributed by atoms with van der Waals surface area (Å²) in [6, 6.07) is 1.59. The van der Waals surface area contributed by atoms with Crippen LogP contribution in [0.1, 0.15) is 65.2 Å². The normalized spacial score (nSPS) is 34.5. The first-order chi connectivity index (χ1) is 9.76. The van der Waals surface area contributed by atoms with Gasteiger partial charge in [-0.25, -0.2) is 0 Å². The third kappa shape index (κ3) is 3.39. The van der Waals surface area contributed by atoms with E-state index in [0.717, 1.165) is 29.8 Å². The maximum Gasteiger partial charge on any atom is 0.0198 e. The van der Waals surface area contributed by atoms with Crippen LogP contribution in [-0.4, -0.2) is 36.6 Å². The Morgan fingerprint density at radius 2 is 1.80 bits per heavy atom. The van der Waals surface area contributed by atoms with Crippen molar-refractivity contribution in [2.75, 3.05) is 19.6 Å². The minimum absolute atomic E-state index is 0.761. The van der Waals surface area contributed by atoms with Crippen molar-refractivity contribution in [2.45, 2.75) is 77.3 Å². The molecule has 3 fully saturated rings. The highest BCUT2D eigenvalue weighted by Gasteiger charge is 2.34. The first kappa shape index (κ1) is 14.8. The third-order valence-corrected chi connectivity index (χ3v) is 6.47. The van der Waals surface area contributed by atoms with Gasteiger partial charge in [-0.15, -0.1) is 0 Å². The van der Waals surface area contributed by atoms with Crippen LogP contribution in [0.2, 0.25) is 0 Å². The van der Waals surface area contributed by atoms with E-state index in [1.807, 2.05) is 0 Å². The first-order valence-corrected chi connectivity index (χ1v) is 9.23. The number of nitrogens with one attached hydrogen (secondary N) is 1. The lowest BCUT2D eigenvalue weighted by Crippen LogP contribution is -2.54. The van der Waals surface area contributed by atoms with Crippen molar-refractivity contribution in [2.24, 2.45) is 17.8 Å². The second-order valence-corrected chi connectivity index (χ2v) is 7.80. The maximum absolute atomic E-state index is 3.91. The van der Waals surface area contributed by atoms with Crippen molar-refractivity contribution in [1.29, 1.82) is 0 Å². The predicted molar refractivity (Wildman–Crippen MR) is 85.9 cm³/mol. The molecule has 0 spiro atoms. The van der Waals surface area contributed by atoms with Gasteiger partial charge >= 0.3 is 0 Å². The number of rotatable bonds is 6. The van der Waals surface area contributed by atoms with Crippen molar-refractivity contribution < 1.29 is 0 Å². The van der Waals surface area contributed by atoms with Crippen LogP contribution in [0, 0.1) is 17.8 Å². The number of likely N-dealkylation sites (tertiary alicyclic amines) is 1. The smallest absolute Gasteiger partial charge is 0.0198 e. The van der Waals surface area contributed by atoms with Gasteiger partial charge in [-0.05, 0) is 63.3 Å². The number of piperidine rings is 1. The summed E-state index contributed by atoms with van der Waals surface area (Å²) in [4.78, 5) is 2.82. The van der Waals surface area contributed by atoms with Gasteiger partial charge in [0, 0.05) is 25.2 Å². The topological polar surface area (TPSA) is 15.3 Å². The SMILES string of the molecule is CCC1CC(NCC2CCC2)CN(C(C)C2CCC2)C1. The van der Waals surface area contributed by atoms with E-state index in [1.165, 1.54) is 71.0 Å². The molecular weight excluding hydrogens is 244 g/mol. The molecule has 0 radical (unpaired) electrons. The molecule has 0 aromatic rings. The monoisotopic (exact) mass is 278 g/mol. The maximum atomic E-state index is 3.91. The Morgan fingerprint density at radius 1 is 1.05 bits per heavy atom. The van der Waals surface area contributed by atoms with Gasteiger partial charge in [-0.1, -0.05) is 26.2 Å². The highest BCUT2D eigenvalue weighted by Crippen LogP contribution is 2.34. The fraction of sp³-hybridized carbons (Fsp3) is 1.00. The van der Waals surface area contributed by atoms with Crippen molar-refractivity contribution in [3.8, 4) is 0 Å². The summed E-state index contributed by atoms with van der Waals surface area (Å²) in [6.07, 6.45) is 11.6. The Kier molecular flexibility index (Phi) is 5.04. The van der Waals surface area contributed by atoms with Gasteiger partial charge in [0.15, 0.2) is 0 Å². The molecule has 0 aromatic carbocycles. The Hall–Kier alpha value is -0.0800. The summed E-state index contributed by atoms with van der Waals surface area (Å²) in [5.74, 6) is 2.91. The van der Waals surface area contributed by atoms with E-state index in [2.05, 4.69) is 24.1 Å². The summed E-state index contributed by atoms with van der Waals surface area (Å²) in [6.45, 7) is 8.82. The van der Waals surface area contributed by atoms with Gasteiger partial charge in [0.1, 0.15) is 0 Å². The molecule has 1 heterocycles. The van der Waals surface area contributed by atoms with Crippen LogP contribution in [0.4, 0.5) is 0 Å². The third-order valence-electron chi connectivity index (χ3n) is 6.47. The molecule has 2 aliphatic carbocycles. The zero-order valence-electron chi connectivity index (χ0n) is 13.6. The molecule has 0 aromatic heterocycles. The molecule has 2 saturated carbocycles. The van der Waals surface area contributed by atoms with Crippen molar-refractivity contribution >= 4 is 0 Å². The average molecular weight is 278 g/mol. The van der Waals surface area contributed by atoms with Crippen molar-refractivity contribution in [3.63, 3.8) is 0 Å². The quantitative estimate of drug-likeness (QED) is 0.797. The van der Waals surface area contributed by atoms with E-state index in [4.69, 9.17) is 0 Å². The summed E-state index contributed by atoms with van der Waals surface area (Å²) < 4.78 is 0. The Balaban J connectivity index is 1.50. The van der Waals surface area contributed by atoms with Crippen LogP contribution in [0.5, 0.6) is 0 Å². The van der Waals surface area contributed by atoms with Gasteiger partial charge in [-0.2, -0.15) is 0 Å².